The molecule has 0 aromatic carbocycles. The molecule has 14 heavy (non-hydrogen) atoms. The van der Waals surface area contributed by atoms with Crippen LogP contribution in [-0.2, 0) is 0 Å². The summed E-state index contributed by atoms with van der Waals surface area (Å²) in [6.07, 6.45) is 1.95. The number of aromatic nitrogens is 1. The van der Waals surface area contributed by atoms with E-state index in [4.69, 9.17) is 0 Å². The van der Waals surface area contributed by atoms with Crippen LogP contribution in [0.1, 0.15) is 20.8 Å². The Morgan fingerprint density at radius 1 is 1.43 bits per heavy atom. The Bertz CT molecular complexity index is 364. The minimum Gasteiger partial charge on any atom is -0.306 e. The lowest BCUT2D eigenvalue weighted by molar-refractivity contribution is 0.950. The van der Waals surface area contributed by atoms with Gasteiger partial charge in [0.1, 0.15) is 5.49 Å². The first-order chi connectivity index (χ1) is 6.65. The van der Waals surface area contributed by atoms with Gasteiger partial charge < -0.3 is 4.57 Å². The van der Waals surface area contributed by atoms with Gasteiger partial charge in [-0.25, -0.2) is 0 Å². The van der Waals surface area contributed by atoms with Gasteiger partial charge in [0.2, 0.25) is 0 Å². The summed E-state index contributed by atoms with van der Waals surface area (Å²) < 4.78 is 2.96. The first-order valence-electron chi connectivity index (χ1n) is 4.62. The van der Waals surface area contributed by atoms with Crippen molar-refractivity contribution in [1.82, 2.24) is 4.57 Å². The minimum atomic E-state index is 0.908. The molecule has 1 heterocycles. The Morgan fingerprint density at radius 2 is 2.00 bits per heavy atom. The summed E-state index contributed by atoms with van der Waals surface area (Å²) in [5.74, 6) is 0. The lowest BCUT2D eigenvalue weighted by Gasteiger charge is -2.05. The number of hydrogen-bond acceptors (Lipinski definition) is 1. The second-order valence-corrected chi connectivity index (χ2v) is 3.45. The smallest absolute Gasteiger partial charge is 0.131 e. The maximum Gasteiger partial charge on any atom is 0.131 e. The third kappa shape index (κ3) is 3.50. The van der Waals surface area contributed by atoms with Gasteiger partial charge in [0.05, 0.1) is 0 Å². The molecule has 0 atom stereocenters. The summed E-state index contributed by atoms with van der Waals surface area (Å²) in [6.45, 7) is 9.80. The van der Waals surface area contributed by atoms with E-state index >= 15 is 0 Å². The fraction of sp³-hybridized carbons (Fsp3) is 0.364. The van der Waals surface area contributed by atoms with Gasteiger partial charge in [-0.05, 0) is 35.0 Å². The zero-order valence-corrected chi connectivity index (χ0v) is 10.8. The van der Waals surface area contributed by atoms with Crippen LogP contribution in [0.15, 0.2) is 34.4 Å². The van der Waals surface area contributed by atoms with Crippen LogP contribution < -0.4 is 5.49 Å². The zero-order valence-electron chi connectivity index (χ0n) is 9.21. The third-order valence-corrected chi connectivity index (χ3v) is 2.00. The Hall–Kier alpha value is -0.830. The van der Waals surface area contributed by atoms with Crippen LogP contribution in [0.5, 0.6) is 0 Å². The SMILES string of the molecule is C=C(C)n1cc(Br)ccc1=NC.CC. The predicted octanol–water partition coefficient (Wildman–Crippen LogP) is 3.30. The lowest BCUT2D eigenvalue weighted by Crippen LogP contribution is -2.17. The molecule has 0 spiro atoms. The molecule has 0 radical (unpaired) electrons. The van der Waals surface area contributed by atoms with E-state index in [0.717, 1.165) is 15.7 Å². The fourth-order valence-corrected chi connectivity index (χ4v) is 1.29. The van der Waals surface area contributed by atoms with Crippen molar-refractivity contribution < 1.29 is 0 Å². The number of rotatable bonds is 1. The number of nitrogens with zero attached hydrogens (tertiary/aromatic N) is 2. The minimum absolute atomic E-state index is 0.908. The highest BCUT2D eigenvalue weighted by Gasteiger charge is 1.93. The number of hydrogen-bond donors (Lipinski definition) is 0. The Morgan fingerprint density at radius 3 is 2.43 bits per heavy atom. The van der Waals surface area contributed by atoms with Gasteiger partial charge in [0.25, 0.3) is 0 Å². The van der Waals surface area contributed by atoms with Crippen molar-refractivity contribution in [2.24, 2.45) is 4.99 Å². The molecular weight excluding hydrogens is 240 g/mol. The molecule has 0 fully saturated rings. The topological polar surface area (TPSA) is 17.3 Å². The average Bonchev–Trinajstić information content (AvgIpc) is 2.20. The zero-order chi connectivity index (χ0) is 11.1. The maximum absolute atomic E-state index is 4.11. The maximum atomic E-state index is 4.11. The van der Waals surface area contributed by atoms with Crippen molar-refractivity contribution in [3.8, 4) is 0 Å². The molecule has 3 heteroatoms. The molecule has 0 aliphatic heterocycles. The summed E-state index contributed by atoms with van der Waals surface area (Å²) in [7, 11) is 1.77. The van der Waals surface area contributed by atoms with Crippen LogP contribution in [-0.4, -0.2) is 11.6 Å². The monoisotopic (exact) mass is 256 g/mol. The van der Waals surface area contributed by atoms with E-state index in [1.165, 1.54) is 0 Å². The predicted molar refractivity (Wildman–Crippen MR) is 66.0 cm³/mol. The molecule has 0 aliphatic rings. The van der Waals surface area contributed by atoms with Crippen LogP contribution in [0.2, 0.25) is 0 Å². The van der Waals surface area contributed by atoms with Crippen LogP contribution in [0, 0.1) is 0 Å². The summed E-state index contributed by atoms with van der Waals surface area (Å²) in [4.78, 5) is 4.11. The molecule has 78 valence electrons. The Balaban J connectivity index is 0.000000791. The average molecular weight is 257 g/mol. The highest BCUT2D eigenvalue weighted by Crippen LogP contribution is 2.07. The standard InChI is InChI=1S/C9H11BrN2.C2H6/c1-7(2)12-6-8(10)4-5-9(12)11-3;1-2/h4-6H,1H2,2-3H3;1-2H3. The van der Waals surface area contributed by atoms with Crippen LogP contribution in [0.3, 0.4) is 0 Å². The van der Waals surface area contributed by atoms with Crippen LogP contribution in [0.25, 0.3) is 5.70 Å². The van der Waals surface area contributed by atoms with Gasteiger partial charge in [-0.3, -0.25) is 4.99 Å². The van der Waals surface area contributed by atoms with Gasteiger partial charge >= 0.3 is 0 Å². The second kappa shape index (κ2) is 6.60. The summed E-state index contributed by atoms with van der Waals surface area (Å²) in [5, 5.41) is 0. The molecule has 0 saturated heterocycles. The molecular formula is C11H17BrN2. The summed E-state index contributed by atoms with van der Waals surface area (Å²) in [6, 6.07) is 3.90. The number of allylic oxidation sites excluding steroid dienone is 1. The van der Waals surface area contributed by atoms with E-state index in [1.807, 2.05) is 43.7 Å². The first kappa shape index (κ1) is 13.2. The summed E-state index contributed by atoms with van der Waals surface area (Å²) >= 11 is 3.39. The second-order valence-electron chi connectivity index (χ2n) is 2.53. The molecule has 1 aromatic heterocycles. The molecule has 0 bridgehead atoms. The highest BCUT2D eigenvalue weighted by atomic mass is 79.9. The molecule has 0 unspecified atom stereocenters. The van der Waals surface area contributed by atoms with Crippen molar-refractivity contribution in [2.75, 3.05) is 7.05 Å². The van der Waals surface area contributed by atoms with Crippen molar-refractivity contribution in [3.05, 3.63) is 34.9 Å². The van der Waals surface area contributed by atoms with Crippen LogP contribution in [0.4, 0.5) is 0 Å². The van der Waals surface area contributed by atoms with Gasteiger partial charge in [-0.2, -0.15) is 0 Å². The largest absolute Gasteiger partial charge is 0.306 e. The van der Waals surface area contributed by atoms with Gasteiger partial charge in [-0.15, -0.1) is 0 Å². The Kier molecular flexibility index (Phi) is 6.21. The molecule has 0 saturated carbocycles. The van der Waals surface area contributed by atoms with E-state index < -0.39 is 0 Å². The van der Waals surface area contributed by atoms with Gasteiger partial charge in [0, 0.05) is 23.4 Å². The fourth-order valence-electron chi connectivity index (χ4n) is 0.955. The van der Waals surface area contributed by atoms with Gasteiger partial charge in [-0.1, -0.05) is 20.4 Å². The van der Waals surface area contributed by atoms with Crippen LogP contribution >= 0.6 is 15.9 Å². The van der Waals surface area contributed by atoms with E-state index in [9.17, 15) is 0 Å². The molecule has 1 aromatic rings. The first-order valence-corrected chi connectivity index (χ1v) is 5.41. The Labute approximate surface area is 94.1 Å². The van der Waals surface area contributed by atoms with Crippen molar-refractivity contribution in [2.45, 2.75) is 20.8 Å². The normalized spacial score (nSPS) is 10.5. The van der Waals surface area contributed by atoms with Crippen molar-refractivity contribution in [3.63, 3.8) is 0 Å². The van der Waals surface area contributed by atoms with E-state index in [1.54, 1.807) is 7.05 Å². The highest BCUT2D eigenvalue weighted by molar-refractivity contribution is 9.10. The number of halogens is 1. The van der Waals surface area contributed by atoms with E-state index in [-0.39, 0.29) is 0 Å². The van der Waals surface area contributed by atoms with Gasteiger partial charge in [0.15, 0.2) is 0 Å². The quantitative estimate of drug-likeness (QED) is 0.734. The number of pyridine rings is 1. The molecule has 0 amide bonds. The summed E-state index contributed by atoms with van der Waals surface area (Å²) in [5.41, 5.74) is 1.86. The molecule has 0 aliphatic carbocycles. The molecule has 0 N–H and O–H groups in total. The van der Waals surface area contributed by atoms with Crippen molar-refractivity contribution >= 4 is 21.6 Å². The molecule has 2 nitrogen and oxygen atoms in total. The van der Waals surface area contributed by atoms with E-state index in [2.05, 4.69) is 27.5 Å². The third-order valence-electron chi connectivity index (χ3n) is 1.53. The van der Waals surface area contributed by atoms with E-state index in [0.29, 0.717) is 0 Å². The lowest BCUT2D eigenvalue weighted by atomic mass is 10.4. The molecule has 1 rings (SSSR count). The van der Waals surface area contributed by atoms with Crippen molar-refractivity contribution in [1.29, 1.82) is 0 Å².